The number of sulfone groups is 1. The van der Waals surface area contributed by atoms with E-state index in [4.69, 9.17) is 0 Å². The number of carbonyl (C=O) groups is 1. The number of nitrogens with zero attached hydrogens (tertiary/aromatic N) is 2. The molecule has 0 N–H and O–H groups in total. The van der Waals surface area contributed by atoms with E-state index in [1.54, 1.807) is 35.2 Å². The number of hydrogen-bond acceptors (Lipinski definition) is 5. The molecule has 1 heterocycles. The minimum absolute atomic E-state index is 0.101. The minimum atomic E-state index is -3.57. The molecule has 1 aliphatic heterocycles. The molecule has 1 amide bonds. The van der Waals surface area contributed by atoms with E-state index >= 15 is 0 Å². The summed E-state index contributed by atoms with van der Waals surface area (Å²) in [6, 6.07) is 13.5. The van der Waals surface area contributed by atoms with E-state index in [1.165, 1.54) is 38.4 Å². The fourth-order valence-corrected chi connectivity index (χ4v) is 5.92. The highest BCUT2D eigenvalue weighted by atomic mass is 32.2. The summed E-state index contributed by atoms with van der Waals surface area (Å²) in [6.07, 6.45) is 1.35. The molecule has 2 aromatic rings. The third-order valence-electron chi connectivity index (χ3n) is 5.03. The van der Waals surface area contributed by atoms with E-state index in [2.05, 4.69) is 0 Å². The van der Waals surface area contributed by atoms with Crippen LogP contribution >= 0.6 is 0 Å². The first-order chi connectivity index (χ1) is 13.6. The second kappa shape index (κ2) is 8.25. The number of hydrogen-bond donors (Lipinski definition) is 0. The van der Waals surface area contributed by atoms with Gasteiger partial charge in [0.2, 0.25) is 10.0 Å². The fraction of sp³-hybridized carbons (Fsp3) is 0.350. The summed E-state index contributed by atoms with van der Waals surface area (Å²) in [5, 5.41) is 0. The van der Waals surface area contributed by atoms with Gasteiger partial charge in [-0.25, -0.2) is 21.1 Å². The van der Waals surface area contributed by atoms with Crippen molar-refractivity contribution in [3.8, 4) is 0 Å². The van der Waals surface area contributed by atoms with Crippen molar-refractivity contribution < 1.29 is 21.6 Å². The second-order valence-corrected chi connectivity index (χ2v) is 11.4. The van der Waals surface area contributed by atoms with Gasteiger partial charge < -0.3 is 4.90 Å². The molecule has 9 heteroatoms. The van der Waals surface area contributed by atoms with Gasteiger partial charge in [-0.15, -0.1) is 0 Å². The summed E-state index contributed by atoms with van der Waals surface area (Å²) in [5.74, 6) is -0.417. The lowest BCUT2D eigenvalue weighted by atomic mass is 10.2. The van der Waals surface area contributed by atoms with Gasteiger partial charge in [0.05, 0.1) is 15.5 Å². The Balaban J connectivity index is 1.78. The van der Waals surface area contributed by atoms with E-state index in [9.17, 15) is 21.6 Å². The molecule has 1 saturated heterocycles. The first-order valence-electron chi connectivity index (χ1n) is 9.24. The molecule has 7 nitrogen and oxygen atoms in total. The van der Waals surface area contributed by atoms with E-state index < -0.39 is 25.9 Å². The summed E-state index contributed by atoms with van der Waals surface area (Å²) in [5.41, 5.74) is 0.340. The Morgan fingerprint density at radius 1 is 0.966 bits per heavy atom. The standard InChI is InChI=1S/C20H24N2O5S2/c1-21(2)29(26,27)19-12-10-16(11-13-19)20(23)22-14-6-7-17(22)15-28(24,25)18-8-4-3-5-9-18/h3-5,8-13,17H,6-7,14-15H2,1-2H3. The molecule has 2 aromatic carbocycles. The van der Waals surface area contributed by atoms with Crippen molar-refractivity contribution in [3.05, 3.63) is 60.2 Å². The number of amides is 1. The van der Waals surface area contributed by atoms with Crippen molar-refractivity contribution in [3.63, 3.8) is 0 Å². The summed E-state index contributed by atoms with van der Waals surface area (Å²) in [7, 11) is -4.20. The lowest BCUT2D eigenvalue weighted by Crippen LogP contribution is -2.39. The Kier molecular flexibility index (Phi) is 6.11. The van der Waals surface area contributed by atoms with E-state index in [0.29, 0.717) is 18.5 Å². The summed E-state index contributed by atoms with van der Waals surface area (Å²) in [4.78, 5) is 14.9. The lowest BCUT2D eigenvalue weighted by molar-refractivity contribution is 0.0749. The molecule has 0 radical (unpaired) electrons. The van der Waals surface area contributed by atoms with Gasteiger partial charge in [0.25, 0.3) is 5.91 Å². The SMILES string of the molecule is CN(C)S(=O)(=O)c1ccc(C(=O)N2CCCC2CS(=O)(=O)c2ccccc2)cc1. The Labute approximate surface area is 171 Å². The van der Waals surface area contributed by atoms with Gasteiger partial charge in [-0.05, 0) is 49.2 Å². The highest BCUT2D eigenvalue weighted by Gasteiger charge is 2.33. The van der Waals surface area contributed by atoms with Crippen LogP contribution in [0.25, 0.3) is 0 Å². The monoisotopic (exact) mass is 436 g/mol. The fourth-order valence-electron chi connectivity index (χ4n) is 3.40. The highest BCUT2D eigenvalue weighted by molar-refractivity contribution is 7.91. The van der Waals surface area contributed by atoms with Crippen LogP contribution in [0.2, 0.25) is 0 Å². The molecule has 0 aromatic heterocycles. The van der Waals surface area contributed by atoms with E-state index in [0.717, 1.165) is 10.7 Å². The molecule has 0 bridgehead atoms. The maximum atomic E-state index is 12.9. The van der Waals surface area contributed by atoms with Crippen LogP contribution in [0.15, 0.2) is 64.4 Å². The molecule has 29 heavy (non-hydrogen) atoms. The zero-order chi connectivity index (χ0) is 21.2. The number of carbonyl (C=O) groups excluding carboxylic acids is 1. The van der Waals surface area contributed by atoms with E-state index in [-0.39, 0.29) is 21.5 Å². The first kappa shape index (κ1) is 21.5. The maximum absolute atomic E-state index is 12.9. The Bertz CT molecular complexity index is 1080. The number of benzene rings is 2. The summed E-state index contributed by atoms with van der Waals surface area (Å²) in [6.45, 7) is 0.478. The zero-order valence-corrected chi connectivity index (χ0v) is 18.0. The molecule has 1 unspecified atom stereocenters. The Morgan fingerprint density at radius 3 is 2.17 bits per heavy atom. The van der Waals surface area contributed by atoms with Crippen LogP contribution < -0.4 is 0 Å². The van der Waals surface area contributed by atoms with Crippen molar-refractivity contribution >= 4 is 25.8 Å². The van der Waals surface area contributed by atoms with Crippen LogP contribution in [0.4, 0.5) is 0 Å². The molecule has 0 spiro atoms. The van der Waals surface area contributed by atoms with Crippen molar-refractivity contribution in [2.45, 2.75) is 28.7 Å². The lowest BCUT2D eigenvalue weighted by Gasteiger charge is -2.25. The third-order valence-corrected chi connectivity index (χ3v) is 8.68. The molecule has 0 saturated carbocycles. The summed E-state index contributed by atoms with van der Waals surface area (Å²) >= 11 is 0. The third kappa shape index (κ3) is 4.52. The van der Waals surface area contributed by atoms with Gasteiger partial charge in [-0.2, -0.15) is 0 Å². The van der Waals surface area contributed by atoms with Crippen molar-refractivity contribution in [2.75, 3.05) is 26.4 Å². The van der Waals surface area contributed by atoms with Gasteiger partial charge in [0.1, 0.15) is 0 Å². The smallest absolute Gasteiger partial charge is 0.254 e. The van der Waals surface area contributed by atoms with Crippen LogP contribution in [-0.2, 0) is 19.9 Å². The molecule has 156 valence electrons. The molecular weight excluding hydrogens is 412 g/mol. The average molecular weight is 437 g/mol. The quantitative estimate of drug-likeness (QED) is 0.691. The number of likely N-dealkylation sites (tertiary alicyclic amines) is 1. The van der Waals surface area contributed by atoms with Crippen LogP contribution in [0.5, 0.6) is 0 Å². The molecule has 1 aliphatic rings. The minimum Gasteiger partial charge on any atom is -0.335 e. The predicted octanol–water partition coefficient (Wildman–Crippen LogP) is 2.02. The zero-order valence-electron chi connectivity index (χ0n) is 16.4. The highest BCUT2D eigenvalue weighted by Crippen LogP contribution is 2.24. The van der Waals surface area contributed by atoms with Gasteiger partial charge in [-0.1, -0.05) is 18.2 Å². The molecule has 1 fully saturated rings. The largest absolute Gasteiger partial charge is 0.335 e. The summed E-state index contributed by atoms with van der Waals surface area (Å²) < 4.78 is 50.9. The van der Waals surface area contributed by atoms with Crippen LogP contribution in [-0.4, -0.2) is 64.4 Å². The van der Waals surface area contributed by atoms with Gasteiger partial charge in [0, 0.05) is 32.2 Å². The average Bonchev–Trinajstić information content (AvgIpc) is 3.15. The normalized spacial score (nSPS) is 17.6. The number of sulfonamides is 1. The molecule has 0 aliphatic carbocycles. The van der Waals surface area contributed by atoms with Crippen molar-refractivity contribution in [1.82, 2.24) is 9.21 Å². The molecule has 3 rings (SSSR count). The maximum Gasteiger partial charge on any atom is 0.254 e. The van der Waals surface area contributed by atoms with Gasteiger partial charge >= 0.3 is 0 Å². The van der Waals surface area contributed by atoms with Gasteiger partial charge in [0.15, 0.2) is 9.84 Å². The number of rotatable bonds is 6. The first-order valence-corrected chi connectivity index (χ1v) is 12.3. The van der Waals surface area contributed by atoms with Crippen LogP contribution in [0, 0.1) is 0 Å². The Morgan fingerprint density at radius 2 is 1.59 bits per heavy atom. The molecular formula is C20H24N2O5S2. The molecule has 1 atom stereocenters. The van der Waals surface area contributed by atoms with Crippen molar-refractivity contribution in [1.29, 1.82) is 0 Å². The van der Waals surface area contributed by atoms with Crippen LogP contribution in [0.3, 0.4) is 0 Å². The predicted molar refractivity (Wildman–Crippen MR) is 110 cm³/mol. The van der Waals surface area contributed by atoms with Crippen molar-refractivity contribution in [2.24, 2.45) is 0 Å². The Hall–Kier alpha value is -2.23. The second-order valence-electron chi connectivity index (χ2n) is 7.20. The topological polar surface area (TPSA) is 91.8 Å². The van der Waals surface area contributed by atoms with E-state index in [1.807, 2.05) is 0 Å². The van der Waals surface area contributed by atoms with Gasteiger partial charge in [-0.3, -0.25) is 4.79 Å². The van der Waals surface area contributed by atoms with Crippen LogP contribution in [0.1, 0.15) is 23.2 Å².